The average Bonchev–Trinajstić information content (AvgIpc) is 3.33. The molecule has 0 bridgehead atoms. The van der Waals surface area contributed by atoms with Gasteiger partial charge in [-0.1, -0.05) is 36.4 Å². The Balaban J connectivity index is 1.38. The van der Waals surface area contributed by atoms with Gasteiger partial charge in [0, 0.05) is 25.6 Å². The normalized spacial score (nSPS) is 17.7. The number of benzene rings is 2. The molecule has 7 heteroatoms. The summed E-state index contributed by atoms with van der Waals surface area (Å²) in [5, 5.41) is 17.0. The number of rotatable bonds is 8. The lowest BCUT2D eigenvalue weighted by Crippen LogP contribution is -2.42. The first-order chi connectivity index (χ1) is 15.2. The van der Waals surface area contributed by atoms with Crippen molar-refractivity contribution in [3.8, 4) is 11.5 Å². The minimum Gasteiger partial charge on any atom is -0.486 e. The number of nitrogens with zero attached hydrogens (tertiary/aromatic N) is 1. The van der Waals surface area contributed by atoms with Gasteiger partial charge in [0.05, 0.1) is 6.10 Å². The summed E-state index contributed by atoms with van der Waals surface area (Å²) in [6, 6.07) is 15.1. The molecule has 7 nitrogen and oxygen atoms in total. The number of hydrogen-bond donors (Lipinski definition) is 3. The number of ether oxygens (including phenoxy) is 2. The van der Waals surface area contributed by atoms with E-state index in [2.05, 4.69) is 15.5 Å². The quantitative estimate of drug-likeness (QED) is 0.606. The Morgan fingerprint density at radius 1 is 1.00 bits per heavy atom. The maximum Gasteiger partial charge on any atom is 0.315 e. The number of amides is 2. The molecule has 1 unspecified atom stereocenters. The van der Waals surface area contributed by atoms with Gasteiger partial charge in [0.2, 0.25) is 0 Å². The number of likely N-dealkylation sites (tertiary alicyclic amines) is 1. The van der Waals surface area contributed by atoms with Crippen molar-refractivity contribution in [3.05, 3.63) is 59.7 Å². The molecule has 0 radical (unpaired) electrons. The highest BCUT2D eigenvalue weighted by atomic mass is 16.6. The molecule has 1 saturated heterocycles. The zero-order chi connectivity index (χ0) is 21.5. The number of fused-ring (bicyclic) bond motifs is 1. The minimum atomic E-state index is -0.717. The molecular weight excluding hydrogens is 394 g/mol. The van der Waals surface area contributed by atoms with Gasteiger partial charge in [-0.3, -0.25) is 0 Å². The predicted molar refractivity (Wildman–Crippen MR) is 118 cm³/mol. The van der Waals surface area contributed by atoms with Gasteiger partial charge in [-0.05, 0) is 49.2 Å². The van der Waals surface area contributed by atoms with Gasteiger partial charge in [-0.2, -0.15) is 0 Å². The summed E-state index contributed by atoms with van der Waals surface area (Å²) in [7, 11) is 0. The largest absolute Gasteiger partial charge is 0.486 e. The van der Waals surface area contributed by atoms with E-state index in [9.17, 15) is 9.90 Å². The summed E-state index contributed by atoms with van der Waals surface area (Å²) in [5.74, 6) is 1.23. The van der Waals surface area contributed by atoms with Crippen LogP contribution < -0.4 is 20.1 Å². The van der Waals surface area contributed by atoms with E-state index in [0.717, 1.165) is 30.8 Å². The van der Waals surface area contributed by atoms with Crippen molar-refractivity contribution in [1.29, 1.82) is 0 Å². The lowest BCUT2D eigenvalue weighted by atomic mass is 9.94. The number of carbonyl (C=O) groups excluding carboxylic acids is 1. The number of aliphatic hydroxyl groups is 1. The highest BCUT2D eigenvalue weighted by Crippen LogP contribution is 2.34. The number of carbonyl (C=O) groups is 1. The molecule has 0 aliphatic carbocycles. The van der Waals surface area contributed by atoms with Crippen molar-refractivity contribution in [2.45, 2.75) is 25.5 Å². The molecule has 2 aliphatic heterocycles. The SMILES string of the molecule is O=C(NCc1ccccc1)NCC(CN1CCCC1)[C@H](O)c1ccc2c(c1)OCCO2. The average molecular weight is 426 g/mol. The zero-order valence-corrected chi connectivity index (χ0v) is 17.8. The molecule has 0 spiro atoms. The van der Waals surface area contributed by atoms with Crippen LogP contribution in [-0.2, 0) is 6.54 Å². The second kappa shape index (κ2) is 10.5. The number of nitrogens with one attached hydrogen (secondary N) is 2. The molecule has 2 aliphatic rings. The predicted octanol–water partition coefficient (Wildman–Crippen LogP) is 2.70. The van der Waals surface area contributed by atoms with Crippen molar-refractivity contribution >= 4 is 6.03 Å². The monoisotopic (exact) mass is 425 g/mol. The molecule has 2 atom stereocenters. The Kier molecular flexibility index (Phi) is 7.27. The molecule has 0 saturated carbocycles. The van der Waals surface area contributed by atoms with Crippen molar-refractivity contribution in [3.63, 3.8) is 0 Å². The van der Waals surface area contributed by atoms with Crippen LogP contribution in [-0.4, -0.2) is 55.4 Å². The van der Waals surface area contributed by atoms with E-state index in [1.807, 2.05) is 48.5 Å². The maximum atomic E-state index is 12.4. The van der Waals surface area contributed by atoms with E-state index < -0.39 is 6.10 Å². The fourth-order valence-corrected chi connectivity index (χ4v) is 4.15. The standard InChI is InChI=1S/C24H31N3O4/c28-23(19-8-9-21-22(14-19)31-13-12-30-21)20(17-27-10-4-5-11-27)16-26-24(29)25-15-18-6-2-1-3-7-18/h1-3,6-9,14,20,23,28H,4-5,10-13,15-17H2,(H2,25,26,29)/t20?,23-/m1/s1. The van der Waals surface area contributed by atoms with E-state index in [-0.39, 0.29) is 11.9 Å². The topological polar surface area (TPSA) is 83.1 Å². The molecule has 2 heterocycles. The maximum absolute atomic E-state index is 12.4. The van der Waals surface area contributed by atoms with Crippen LogP contribution in [0.3, 0.4) is 0 Å². The first-order valence-corrected chi connectivity index (χ1v) is 11.0. The van der Waals surface area contributed by atoms with Crippen LogP contribution in [0.1, 0.15) is 30.1 Å². The molecular formula is C24H31N3O4. The Hall–Kier alpha value is -2.77. The van der Waals surface area contributed by atoms with Gasteiger partial charge < -0.3 is 30.1 Å². The third-order valence-electron chi connectivity index (χ3n) is 5.87. The van der Waals surface area contributed by atoms with Gasteiger partial charge in [-0.15, -0.1) is 0 Å². The lowest BCUT2D eigenvalue weighted by Gasteiger charge is -2.29. The van der Waals surface area contributed by atoms with Crippen LogP contribution >= 0.6 is 0 Å². The zero-order valence-electron chi connectivity index (χ0n) is 17.8. The Morgan fingerprint density at radius 3 is 2.52 bits per heavy atom. The molecule has 0 aromatic heterocycles. The van der Waals surface area contributed by atoms with E-state index in [0.29, 0.717) is 37.8 Å². The second-order valence-electron chi connectivity index (χ2n) is 8.16. The first-order valence-electron chi connectivity index (χ1n) is 11.0. The Labute approximate surface area is 183 Å². The van der Waals surface area contributed by atoms with Crippen LogP contribution in [0.2, 0.25) is 0 Å². The second-order valence-corrected chi connectivity index (χ2v) is 8.16. The molecule has 4 rings (SSSR count). The molecule has 2 amide bonds. The van der Waals surface area contributed by atoms with Crippen molar-refractivity contribution in [2.24, 2.45) is 5.92 Å². The molecule has 2 aromatic rings. The van der Waals surface area contributed by atoms with Crippen molar-refractivity contribution in [1.82, 2.24) is 15.5 Å². The van der Waals surface area contributed by atoms with Gasteiger partial charge in [0.1, 0.15) is 13.2 Å². The Bertz CT molecular complexity index is 855. The fourth-order valence-electron chi connectivity index (χ4n) is 4.15. The first kappa shape index (κ1) is 21.5. The van der Waals surface area contributed by atoms with Gasteiger partial charge in [0.15, 0.2) is 11.5 Å². The smallest absolute Gasteiger partial charge is 0.315 e. The van der Waals surface area contributed by atoms with Crippen LogP contribution in [0, 0.1) is 5.92 Å². The van der Waals surface area contributed by atoms with Crippen molar-refractivity contribution in [2.75, 3.05) is 39.4 Å². The van der Waals surface area contributed by atoms with Crippen LogP contribution in [0.15, 0.2) is 48.5 Å². The van der Waals surface area contributed by atoms with E-state index in [1.54, 1.807) is 0 Å². The van der Waals surface area contributed by atoms with Gasteiger partial charge >= 0.3 is 6.03 Å². The Morgan fingerprint density at radius 2 is 1.74 bits per heavy atom. The fraction of sp³-hybridized carbons (Fsp3) is 0.458. The number of urea groups is 1. The van der Waals surface area contributed by atoms with E-state index in [1.165, 1.54) is 12.8 Å². The van der Waals surface area contributed by atoms with Crippen molar-refractivity contribution < 1.29 is 19.4 Å². The summed E-state index contributed by atoms with van der Waals surface area (Å²) in [4.78, 5) is 14.7. The van der Waals surface area contributed by atoms with Gasteiger partial charge in [-0.25, -0.2) is 4.79 Å². The third kappa shape index (κ3) is 5.89. The van der Waals surface area contributed by atoms with Crippen LogP contribution in [0.25, 0.3) is 0 Å². The minimum absolute atomic E-state index is 0.136. The molecule has 166 valence electrons. The van der Waals surface area contributed by atoms with Crippen LogP contribution in [0.4, 0.5) is 4.79 Å². The number of aliphatic hydroxyl groups excluding tert-OH is 1. The summed E-state index contributed by atoms with van der Waals surface area (Å²) in [5.41, 5.74) is 1.82. The van der Waals surface area contributed by atoms with Gasteiger partial charge in [0.25, 0.3) is 0 Å². The highest BCUT2D eigenvalue weighted by molar-refractivity contribution is 5.73. The summed E-state index contributed by atoms with van der Waals surface area (Å²) in [6.07, 6.45) is 1.64. The summed E-state index contributed by atoms with van der Waals surface area (Å²) >= 11 is 0. The summed E-state index contributed by atoms with van der Waals surface area (Å²) < 4.78 is 11.3. The number of hydrogen-bond acceptors (Lipinski definition) is 5. The third-order valence-corrected chi connectivity index (χ3v) is 5.87. The molecule has 2 aromatic carbocycles. The molecule has 3 N–H and O–H groups in total. The lowest BCUT2D eigenvalue weighted by molar-refractivity contribution is 0.0845. The molecule has 1 fully saturated rings. The molecule has 31 heavy (non-hydrogen) atoms. The highest BCUT2D eigenvalue weighted by Gasteiger charge is 2.27. The van der Waals surface area contributed by atoms with E-state index >= 15 is 0 Å². The van der Waals surface area contributed by atoms with Crippen LogP contribution in [0.5, 0.6) is 11.5 Å². The van der Waals surface area contributed by atoms with E-state index in [4.69, 9.17) is 9.47 Å². The summed E-state index contributed by atoms with van der Waals surface area (Å²) in [6.45, 7) is 4.69.